The van der Waals surface area contributed by atoms with Gasteiger partial charge in [0.15, 0.2) is 5.16 Å². The van der Waals surface area contributed by atoms with Gasteiger partial charge in [-0.2, -0.15) is 0 Å². The maximum absolute atomic E-state index is 12.2. The minimum atomic E-state index is -0.241. The average molecular weight is 310 g/mol. The number of rotatable bonds is 4. The summed E-state index contributed by atoms with van der Waals surface area (Å²) < 4.78 is 1.89. The number of hydrogen-bond donors (Lipinski definition) is 1. The molecule has 0 bridgehead atoms. The number of aromatic nitrogens is 2. The fraction of sp³-hybridized carbons (Fsp3) is 0.286. The summed E-state index contributed by atoms with van der Waals surface area (Å²) in [6.45, 7) is 3.79. The minimum absolute atomic E-state index is 0.0663. The summed E-state index contributed by atoms with van der Waals surface area (Å²) in [7, 11) is 1.90. The smallest absolute Gasteiger partial charge is 0.237 e. The molecule has 1 heterocycles. The van der Waals surface area contributed by atoms with Crippen molar-refractivity contribution in [3.63, 3.8) is 0 Å². The van der Waals surface area contributed by atoms with Crippen LogP contribution in [-0.4, -0.2) is 20.7 Å². The van der Waals surface area contributed by atoms with Crippen LogP contribution in [0.5, 0.6) is 0 Å². The summed E-state index contributed by atoms with van der Waals surface area (Å²) in [5.41, 5.74) is 1.73. The van der Waals surface area contributed by atoms with E-state index in [1.54, 1.807) is 18.3 Å². The van der Waals surface area contributed by atoms with Crippen LogP contribution < -0.4 is 5.32 Å². The van der Waals surface area contributed by atoms with Gasteiger partial charge in [-0.05, 0) is 31.5 Å². The third-order valence-corrected chi connectivity index (χ3v) is 4.29. The van der Waals surface area contributed by atoms with E-state index in [0.717, 1.165) is 16.4 Å². The van der Waals surface area contributed by atoms with Crippen LogP contribution in [-0.2, 0) is 11.8 Å². The van der Waals surface area contributed by atoms with Gasteiger partial charge < -0.3 is 9.88 Å². The molecule has 4 nitrogen and oxygen atoms in total. The van der Waals surface area contributed by atoms with E-state index in [4.69, 9.17) is 11.6 Å². The second-order valence-corrected chi connectivity index (χ2v) is 6.27. The van der Waals surface area contributed by atoms with Crippen LogP contribution in [0.15, 0.2) is 35.7 Å². The van der Waals surface area contributed by atoms with Crippen LogP contribution in [0.25, 0.3) is 0 Å². The topological polar surface area (TPSA) is 46.9 Å². The van der Waals surface area contributed by atoms with Crippen molar-refractivity contribution in [1.29, 1.82) is 0 Å². The van der Waals surface area contributed by atoms with E-state index in [-0.39, 0.29) is 11.2 Å². The molecule has 0 saturated carbocycles. The average Bonchev–Trinajstić information content (AvgIpc) is 2.79. The second kappa shape index (κ2) is 6.33. The predicted molar refractivity (Wildman–Crippen MR) is 83.3 cm³/mol. The van der Waals surface area contributed by atoms with Crippen molar-refractivity contribution in [3.8, 4) is 0 Å². The Balaban J connectivity index is 2.04. The molecule has 0 aliphatic carbocycles. The molecule has 106 valence electrons. The lowest BCUT2D eigenvalue weighted by Gasteiger charge is -2.13. The molecular formula is C14H16ClN3OS. The SMILES string of the molecule is Cc1ccc(Cl)cc1NC(=O)C(C)Sc1nccn1C. The first-order valence-electron chi connectivity index (χ1n) is 6.18. The van der Waals surface area contributed by atoms with Gasteiger partial charge >= 0.3 is 0 Å². The molecule has 6 heteroatoms. The Morgan fingerprint density at radius 2 is 2.25 bits per heavy atom. The summed E-state index contributed by atoms with van der Waals surface area (Å²) in [5, 5.41) is 4.08. The highest BCUT2D eigenvalue weighted by Crippen LogP contribution is 2.24. The number of amides is 1. The number of carbonyl (C=O) groups excluding carboxylic acids is 1. The normalized spacial score (nSPS) is 12.2. The molecule has 2 aromatic rings. The van der Waals surface area contributed by atoms with Gasteiger partial charge in [-0.1, -0.05) is 29.4 Å². The quantitative estimate of drug-likeness (QED) is 0.879. The largest absolute Gasteiger partial charge is 0.329 e. The molecule has 1 aromatic carbocycles. The van der Waals surface area contributed by atoms with Crippen LogP contribution in [0.4, 0.5) is 5.69 Å². The Kier molecular flexibility index (Phi) is 4.73. The van der Waals surface area contributed by atoms with E-state index in [2.05, 4.69) is 10.3 Å². The van der Waals surface area contributed by atoms with E-state index in [1.807, 2.05) is 37.7 Å². The molecule has 1 aromatic heterocycles. The highest BCUT2D eigenvalue weighted by atomic mass is 35.5. The van der Waals surface area contributed by atoms with Gasteiger partial charge in [0.25, 0.3) is 0 Å². The number of thioether (sulfide) groups is 1. The molecule has 1 amide bonds. The molecule has 0 radical (unpaired) electrons. The standard InChI is InChI=1S/C14H16ClN3OS/c1-9-4-5-11(15)8-12(9)17-13(19)10(2)20-14-16-6-7-18(14)3/h4-8,10H,1-3H3,(H,17,19). The molecule has 1 atom stereocenters. The van der Waals surface area contributed by atoms with Gasteiger partial charge in [0.05, 0.1) is 5.25 Å². The lowest BCUT2D eigenvalue weighted by molar-refractivity contribution is -0.115. The highest BCUT2D eigenvalue weighted by Gasteiger charge is 2.17. The highest BCUT2D eigenvalue weighted by molar-refractivity contribution is 8.00. The van der Waals surface area contributed by atoms with Gasteiger partial charge in [-0.3, -0.25) is 4.79 Å². The van der Waals surface area contributed by atoms with Gasteiger partial charge in [0.2, 0.25) is 5.91 Å². The Labute approximate surface area is 127 Å². The Bertz CT molecular complexity index is 627. The predicted octanol–water partition coefficient (Wildman–Crippen LogP) is 3.50. The second-order valence-electron chi connectivity index (χ2n) is 4.53. The summed E-state index contributed by atoms with van der Waals surface area (Å²) in [4.78, 5) is 16.4. The van der Waals surface area contributed by atoms with E-state index in [0.29, 0.717) is 5.02 Å². The number of benzene rings is 1. The number of hydrogen-bond acceptors (Lipinski definition) is 3. The molecule has 0 fully saturated rings. The molecule has 1 N–H and O–H groups in total. The van der Waals surface area contributed by atoms with Crippen LogP contribution in [0.2, 0.25) is 5.02 Å². The summed E-state index contributed by atoms with van der Waals surface area (Å²) in [6, 6.07) is 5.44. The third kappa shape index (κ3) is 3.55. The van der Waals surface area contributed by atoms with Crippen molar-refractivity contribution in [1.82, 2.24) is 9.55 Å². The molecule has 0 aliphatic heterocycles. The van der Waals surface area contributed by atoms with Crippen molar-refractivity contribution >= 4 is 35.0 Å². The molecule has 0 spiro atoms. The number of imidazole rings is 1. The van der Waals surface area contributed by atoms with Crippen molar-refractivity contribution < 1.29 is 4.79 Å². The Hall–Kier alpha value is -1.46. The lowest BCUT2D eigenvalue weighted by atomic mass is 10.2. The Morgan fingerprint density at radius 3 is 2.90 bits per heavy atom. The molecule has 0 saturated heterocycles. The summed E-state index contributed by atoms with van der Waals surface area (Å²) >= 11 is 7.37. The van der Waals surface area contributed by atoms with E-state index in [9.17, 15) is 4.79 Å². The van der Waals surface area contributed by atoms with Gasteiger partial charge in [0, 0.05) is 30.2 Å². The number of halogens is 1. The molecule has 20 heavy (non-hydrogen) atoms. The molecule has 2 rings (SSSR count). The third-order valence-electron chi connectivity index (χ3n) is 2.89. The van der Waals surface area contributed by atoms with Crippen LogP contribution in [0, 0.1) is 6.92 Å². The van der Waals surface area contributed by atoms with E-state index in [1.165, 1.54) is 11.8 Å². The van der Waals surface area contributed by atoms with E-state index < -0.39 is 0 Å². The lowest BCUT2D eigenvalue weighted by Crippen LogP contribution is -2.23. The zero-order valence-corrected chi connectivity index (χ0v) is 13.1. The summed E-state index contributed by atoms with van der Waals surface area (Å²) in [6.07, 6.45) is 3.57. The molecular weight excluding hydrogens is 294 g/mol. The van der Waals surface area contributed by atoms with Crippen LogP contribution in [0.3, 0.4) is 0 Å². The minimum Gasteiger partial charge on any atom is -0.329 e. The number of carbonyl (C=O) groups is 1. The van der Waals surface area contributed by atoms with Gasteiger partial charge in [-0.25, -0.2) is 4.98 Å². The monoisotopic (exact) mass is 309 g/mol. The van der Waals surface area contributed by atoms with Crippen molar-refractivity contribution in [2.24, 2.45) is 7.05 Å². The zero-order chi connectivity index (χ0) is 14.7. The maximum Gasteiger partial charge on any atom is 0.237 e. The zero-order valence-electron chi connectivity index (χ0n) is 11.6. The fourth-order valence-electron chi connectivity index (χ4n) is 1.64. The number of aryl methyl sites for hydroxylation is 2. The summed E-state index contributed by atoms with van der Waals surface area (Å²) in [5.74, 6) is -0.0663. The number of anilines is 1. The van der Waals surface area contributed by atoms with Crippen molar-refractivity contribution in [2.45, 2.75) is 24.3 Å². The van der Waals surface area contributed by atoms with Crippen LogP contribution in [0.1, 0.15) is 12.5 Å². The molecule has 0 aliphatic rings. The number of nitrogens with zero attached hydrogens (tertiary/aromatic N) is 2. The first-order valence-corrected chi connectivity index (χ1v) is 7.44. The van der Waals surface area contributed by atoms with Crippen molar-refractivity contribution in [2.75, 3.05) is 5.32 Å². The number of nitrogens with one attached hydrogen (secondary N) is 1. The first kappa shape index (κ1) is 14.9. The van der Waals surface area contributed by atoms with Crippen molar-refractivity contribution in [3.05, 3.63) is 41.2 Å². The fourth-order valence-corrected chi connectivity index (χ4v) is 2.64. The van der Waals surface area contributed by atoms with Gasteiger partial charge in [0.1, 0.15) is 0 Å². The molecule has 1 unspecified atom stereocenters. The Morgan fingerprint density at radius 1 is 1.50 bits per heavy atom. The van der Waals surface area contributed by atoms with E-state index >= 15 is 0 Å². The maximum atomic E-state index is 12.2. The first-order chi connectivity index (χ1) is 9.47. The van der Waals surface area contributed by atoms with Gasteiger partial charge in [-0.15, -0.1) is 0 Å². The van der Waals surface area contributed by atoms with Crippen LogP contribution >= 0.6 is 23.4 Å².